The highest BCUT2D eigenvalue weighted by atomic mass is 16.4. The van der Waals surface area contributed by atoms with Gasteiger partial charge in [-0.3, -0.25) is 19.3 Å². The lowest BCUT2D eigenvalue weighted by Crippen LogP contribution is -2.44. The molecule has 2 unspecified atom stereocenters. The Morgan fingerprint density at radius 1 is 1.19 bits per heavy atom. The molecule has 0 amide bonds. The molecule has 0 aromatic heterocycles. The molecule has 16 heavy (non-hydrogen) atoms. The van der Waals surface area contributed by atoms with Crippen molar-refractivity contribution in [2.75, 3.05) is 13.1 Å². The van der Waals surface area contributed by atoms with E-state index in [0.717, 1.165) is 0 Å². The molecular weight excluding hydrogens is 214 g/mol. The van der Waals surface area contributed by atoms with Crippen LogP contribution in [0.15, 0.2) is 0 Å². The van der Waals surface area contributed by atoms with Gasteiger partial charge in [0.15, 0.2) is 0 Å². The van der Waals surface area contributed by atoms with Crippen molar-refractivity contribution in [2.24, 2.45) is 5.92 Å². The van der Waals surface area contributed by atoms with Gasteiger partial charge in [-0.25, -0.2) is 0 Å². The smallest absolute Gasteiger partial charge is 0.317 e. The number of aliphatic carboxylic acids is 2. The van der Waals surface area contributed by atoms with E-state index in [1.54, 1.807) is 6.92 Å². The number of carboxylic acid groups (broad SMARTS) is 2. The number of ketones is 1. The largest absolute Gasteiger partial charge is 0.481 e. The van der Waals surface area contributed by atoms with E-state index < -0.39 is 23.9 Å². The van der Waals surface area contributed by atoms with Crippen LogP contribution in [0.2, 0.25) is 0 Å². The summed E-state index contributed by atoms with van der Waals surface area (Å²) in [7, 11) is 0. The van der Waals surface area contributed by atoms with Crippen molar-refractivity contribution in [1.29, 1.82) is 0 Å². The maximum absolute atomic E-state index is 11.1. The molecule has 0 radical (unpaired) electrons. The number of carbonyl (C=O) groups excluding carboxylic acids is 1. The van der Waals surface area contributed by atoms with Gasteiger partial charge in [-0.05, 0) is 13.8 Å². The first kappa shape index (κ1) is 14.6. The minimum absolute atomic E-state index is 0.0440. The maximum Gasteiger partial charge on any atom is 0.317 e. The fraction of sp³-hybridized carbons (Fsp3) is 0.700. The summed E-state index contributed by atoms with van der Waals surface area (Å²) in [6.45, 7) is 4.11. The van der Waals surface area contributed by atoms with Crippen LogP contribution in [0.4, 0.5) is 0 Å². The van der Waals surface area contributed by atoms with E-state index >= 15 is 0 Å². The third kappa shape index (κ3) is 4.88. The predicted molar refractivity (Wildman–Crippen MR) is 56.2 cm³/mol. The van der Waals surface area contributed by atoms with Crippen LogP contribution in [0.3, 0.4) is 0 Å². The fourth-order valence-corrected chi connectivity index (χ4v) is 1.22. The van der Waals surface area contributed by atoms with Gasteiger partial charge in [-0.1, -0.05) is 6.92 Å². The van der Waals surface area contributed by atoms with Gasteiger partial charge < -0.3 is 10.2 Å². The molecule has 92 valence electrons. The maximum atomic E-state index is 11.1. The molecule has 0 rings (SSSR count). The Morgan fingerprint density at radius 3 is 2.00 bits per heavy atom. The summed E-state index contributed by atoms with van der Waals surface area (Å²) in [6, 6.07) is -0.585. The molecule has 0 aliphatic rings. The van der Waals surface area contributed by atoms with E-state index in [4.69, 9.17) is 10.2 Å². The minimum Gasteiger partial charge on any atom is -0.481 e. The van der Waals surface area contributed by atoms with Crippen molar-refractivity contribution >= 4 is 17.7 Å². The molecule has 0 fully saturated rings. The number of rotatable bonds is 7. The Bertz CT molecular complexity index is 289. The Kier molecular flexibility index (Phi) is 5.66. The molecule has 0 aromatic rings. The number of nitrogens with zero attached hydrogens (tertiary/aromatic N) is 1. The lowest BCUT2D eigenvalue weighted by molar-refractivity contribution is -0.145. The minimum atomic E-state index is -1.08. The summed E-state index contributed by atoms with van der Waals surface area (Å²) >= 11 is 0. The highest BCUT2D eigenvalue weighted by Gasteiger charge is 2.24. The molecule has 0 heterocycles. The van der Waals surface area contributed by atoms with Gasteiger partial charge in [0.2, 0.25) is 0 Å². The second-order valence-corrected chi connectivity index (χ2v) is 3.85. The quantitative estimate of drug-likeness (QED) is 0.644. The van der Waals surface area contributed by atoms with E-state index in [9.17, 15) is 14.4 Å². The molecule has 6 nitrogen and oxygen atoms in total. The van der Waals surface area contributed by atoms with Crippen LogP contribution < -0.4 is 0 Å². The highest BCUT2D eigenvalue weighted by molar-refractivity contribution is 5.82. The lowest BCUT2D eigenvalue weighted by Gasteiger charge is -2.26. The van der Waals surface area contributed by atoms with Gasteiger partial charge in [0, 0.05) is 6.54 Å². The molecule has 0 saturated heterocycles. The van der Waals surface area contributed by atoms with Crippen LogP contribution in [-0.2, 0) is 14.4 Å². The normalized spacial score (nSPS) is 14.5. The van der Waals surface area contributed by atoms with Gasteiger partial charge in [0.25, 0.3) is 0 Å². The van der Waals surface area contributed by atoms with E-state index in [1.165, 1.54) is 18.7 Å². The van der Waals surface area contributed by atoms with Crippen LogP contribution in [0.1, 0.15) is 20.8 Å². The van der Waals surface area contributed by atoms with Crippen LogP contribution >= 0.6 is 0 Å². The standard InChI is InChI=1S/C10H17NO5/c1-6(10(15)16)4-11(5-9(13)14)7(2)8(3)12/h6-7H,4-5H2,1-3H3,(H,13,14)(H,15,16). The number of carbonyl (C=O) groups is 3. The predicted octanol–water partition coefficient (Wildman–Crippen LogP) is 0.0712. The summed E-state index contributed by atoms with van der Waals surface area (Å²) in [5, 5.41) is 17.4. The summed E-state index contributed by atoms with van der Waals surface area (Å²) in [5.41, 5.74) is 0. The average Bonchev–Trinajstić information content (AvgIpc) is 2.14. The summed E-state index contributed by atoms with van der Waals surface area (Å²) in [5.74, 6) is -2.98. The third-order valence-corrected chi connectivity index (χ3v) is 2.40. The van der Waals surface area contributed by atoms with Crippen molar-refractivity contribution in [2.45, 2.75) is 26.8 Å². The first-order chi connectivity index (χ1) is 7.25. The van der Waals surface area contributed by atoms with Crippen LogP contribution in [-0.4, -0.2) is 52.0 Å². The Labute approximate surface area is 93.9 Å². The van der Waals surface area contributed by atoms with Gasteiger partial charge in [0.1, 0.15) is 5.78 Å². The SMILES string of the molecule is CC(=O)C(C)N(CC(=O)O)CC(C)C(=O)O. The van der Waals surface area contributed by atoms with Gasteiger partial charge in [-0.2, -0.15) is 0 Å². The van der Waals surface area contributed by atoms with Gasteiger partial charge in [0.05, 0.1) is 18.5 Å². The Morgan fingerprint density at radius 2 is 1.69 bits per heavy atom. The zero-order chi connectivity index (χ0) is 12.9. The second kappa shape index (κ2) is 6.22. The molecule has 0 aliphatic heterocycles. The molecule has 0 saturated carbocycles. The second-order valence-electron chi connectivity index (χ2n) is 3.85. The van der Waals surface area contributed by atoms with Crippen molar-refractivity contribution in [1.82, 2.24) is 4.90 Å². The zero-order valence-corrected chi connectivity index (χ0v) is 9.64. The first-order valence-electron chi connectivity index (χ1n) is 4.94. The van der Waals surface area contributed by atoms with E-state index in [-0.39, 0.29) is 18.9 Å². The monoisotopic (exact) mass is 231 g/mol. The third-order valence-electron chi connectivity index (χ3n) is 2.40. The zero-order valence-electron chi connectivity index (χ0n) is 9.64. The molecule has 0 bridgehead atoms. The molecule has 6 heteroatoms. The number of Topliss-reactive ketones (excluding diaryl/α,β-unsaturated/α-hetero) is 1. The highest BCUT2D eigenvalue weighted by Crippen LogP contribution is 2.06. The lowest BCUT2D eigenvalue weighted by atomic mass is 10.1. The van der Waals surface area contributed by atoms with Crippen LogP contribution in [0.25, 0.3) is 0 Å². The molecule has 2 atom stereocenters. The van der Waals surface area contributed by atoms with Crippen molar-refractivity contribution in [3.8, 4) is 0 Å². The van der Waals surface area contributed by atoms with E-state index in [2.05, 4.69) is 0 Å². The number of hydrogen-bond acceptors (Lipinski definition) is 4. The van der Waals surface area contributed by atoms with Crippen molar-refractivity contribution < 1.29 is 24.6 Å². The average molecular weight is 231 g/mol. The van der Waals surface area contributed by atoms with Crippen molar-refractivity contribution in [3.63, 3.8) is 0 Å². The summed E-state index contributed by atoms with van der Waals surface area (Å²) in [6.07, 6.45) is 0. The van der Waals surface area contributed by atoms with Crippen molar-refractivity contribution in [3.05, 3.63) is 0 Å². The Balaban J connectivity index is 4.60. The van der Waals surface area contributed by atoms with Crippen LogP contribution in [0, 0.1) is 5.92 Å². The topological polar surface area (TPSA) is 94.9 Å². The summed E-state index contributed by atoms with van der Waals surface area (Å²) < 4.78 is 0. The van der Waals surface area contributed by atoms with Gasteiger partial charge >= 0.3 is 11.9 Å². The van der Waals surface area contributed by atoms with Crippen LogP contribution in [0.5, 0.6) is 0 Å². The molecular formula is C10H17NO5. The molecule has 2 N–H and O–H groups in total. The Hall–Kier alpha value is -1.43. The van der Waals surface area contributed by atoms with E-state index in [0.29, 0.717) is 0 Å². The fourth-order valence-electron chi connectivity index (χ4n) is 1.22. The first-order valence-corrected chi connectivity index (χ1v) is 4.94. The number of carboxylic acids is 2. The van der Waals surface area contributed by atoms with Gasteiger partial charge in [-0.15, -0.1) is 0 Å². The number of hydrogen-bond donors (Lipinski definition) is 2. The van der Waals surface area contributed by atoms with E-state index in [1.807, 2.05) is 0 Å². The molecule has 0 spiro atoms. The molecule has 0 aliphatic carbocycles. The molecule has 0 aromatic carbocycles. The summed E-state index contributed by atoms with van der Waals surface area (Å²) in [4.78, 5) is 33.7.